The van der Waals surface area contributed by atoms with E-state index in [2.05, 4.69) is 10.5 Å². The van der Waals surface area contributed by atoms with Crippen molar-refractivity contribution < 1.29 is 48.1 Å². The van der Waals surface area contributed by atoms with Crippen molar-refractivity contribution in [3.05, 3.63) is 58.1 Å². The molecule has 1 fully saturated rings. The van der Waals surface area contributed by atoms with Gasteiger partial charge in [-0.25, -0.2) is 24.7 Å². The number of fused-ring (bicyclic) bond motifs is 2. The molecule has 41 heavy (non-hydrogen) atoms. The fraction of sp³-hybridized carbons (Fsp3) is 0.462. The Kier molecular flexibility index (Phi) is 9.31. The largest absolute Gasteiger partial charge is 0.464 e. The first kappa shape index (κ1) is 29.6. The molecule has 4 rings (SSSR count). The maximum Gasteiger partial charge on any atom is 0.351 e. The van der Waals surface area contributed by atoms with Crippen LogP contribution in [-0.2, 0) is 33.4 Å². The Morgan fingerprint density at radius 1 is 1.07 bits per heavy atom. The van der Waals surface area contributed by atoms with Crippen LogP contribution in [0.1, 0.15) is 53.6 Å². The van der Waals surface area contributed by atoms with Gasteiger partial charge in [0, 0.05) is 25.3 Å². The van der Waals surface area contributed by atoms with E-state index < -0.39 is 66.1 Å². The van der Waals surface area contributed by atoms with Crippen LogP contribution >= 0.6 is 0 Å². The summed E-state index contributed by atoms with van der Waals surface area (Å²) in [5, 5.41) is 8.98. The van der Waals surface area contributed by atoms with Gasteiger partial charge in [-0.2, -0.15) is 4.98 Å². The molecule has 4 N–H and O–H groups in total. The van der Waals surface area contributed by atoms with E-state index in [1.54, 1.807) is 26.0 Å². The average molecular weight is 575 g/mol. The van der Waals surface area contributed by atoms with Crippen LogP contribution in [0.2, 0.25) is 0 Å². The van der Waals surface area contributed by atoms with Crippen molar-refractivity contribution in [3.63, 3.8) is 0 Å². The van der Waals surface area contributed by atoms with Crippen LogP contribution in [0.3, 0.4) is 0 Å². The van der Waals surface area contributed by atoms with E-state index in [-0.39, 0.29) is 43.0 Å². The van der Waals surface area contributed by atoms with Crippen LogP contribution in [-0.4, -0.2) is 76.1 Å². The molecule has 3 heterocycles. The second kappa shape index (κ2) is 12.9. The Labute approximate surface area is 233 Å². The van der Waals surface area contributed by atoms with Crippen molar-refractivity contribution in [1.29, 1.82) is 0 Å². The number of aromatic nitrogens is 2. The van der Waals surface area contributed by atoms with Gasteiger partial charge in [-0.15, -0.1) is 0 Å². The molecule has 0 spiro atoms. The molecular weight excluding hydrogens is 544 g/mol. The smallest absolute Gasteiger partial charge is 0.351 e. The summed E-state index contributed by atoms with van der Waals surface area (Å²) in [6.07, 6.45) is -3.47. The molecule has 5 atom stereocenters. The summed E-state index contributed by atoms with van der Waals surface area (Å²) in [6.45, 7) is 2.75. The first-order valence-corrected chi connectivity index (χ1v) is 12.9. The number of esters is 3. The van der Waals surface area contributed by atoms with Gasteiger partial charge in [0.2, 0.25) is 0 Å². The number of nitrogens with one attached hydrogen (secondary N) is 1. The van der Waals surface area contributed by atoms with Gasteiger partial charge in [-0.05, 0) is 18.6 Å². The molecule has 15 heteroatoms. The van der Waals surface area contributed by atoms with Crippen LogP contribution in [0.15, 0.2) is 41.3 Å². The lowest BCUT2D eigenvalue weighted by atomic mass is 10.0. The molecule has 0 bridgehead atoms. The number of carbonyl (C=O) groups excluding carboxylic acids is 4. The summed E-state index contributed by atoms with van der Waals surface area (Å²) < 4.78 is 23.7. The third-order valence-corrected chi connectivity index (χ3v) is 6.36. The normalized spacial score (nSPS) is 22.4. The van der Waals surface area contributed by atoms with Crippen LogP contribution in [0.25, 0.3) is 0 Å². The van der Waals surface area contributed by atoms with Crippen LogP contribution < -0.4 is 16.9 Å². The second-order valence-electron chi connectivity index (χ2n) is 9.61. The molecule has 2 aliphatic rings. The number of hydrogen-bond acceptors (Lipinski definition) is 14. The number of nitrogens with zero attached hydrogens (tertiary/aromatic N) is 2. The molecule has 0 unspecified atom stereocenters. The molecule has 0 aliphatic carbocycles. The fourth-order valence-electron chi connectivity index (χ4n) is 4.17. The summed E-state index contributed by atoms with van der Waals surface area (Å²) in [5.74, 6) is -3.44. The maximum absolute atomic E-state index is 13.1. The number of rotatable bonds is 10. The van der Waals surface area contributed by atoms with Crippen molar-refractivity contribution in [3.8, 4) is 0 Å². The number of anilines is 1. The lowest BCUT2D eigenvalue weighted by molar-refractivity contribution is -0.147. The first-order valence-electron chi connectivity index (χ1n) is 12.9. The van der Waals surface area contributed by atoms with Gasteiger partial charge in [0.15, 0.2) is 24.3 Å². The number of nitrogens with two attached hydrogens (primary N) is 1. The highest BCUT2D eigenvalue weighted by atomic mass is 16.7. The highest BCUT2D eigenvalue weighted by molar-refractivity contribution is 6.03. The Morgan fingerprint density at radius 2 is 1.73 bits per heavy atom. The van der Waals surface area contributed by atoms with Gasteiger partial charge in [0.1, 0.15) is 12.1 Å². The highest BCUT2D eigenvalue weighted by Gasteiger charge is 2.52. The van der Waals surface area contributed by atoms with Gasteiger partial charge in [0.05, 0.1) is 23.7 Å². The number of ether oxygens (including phenoxy) is 4. The predicted octanol–water partition coefficient (Wildman–Crippen LogP) is 0.0744. The standard InChI is InChI=1S/C26H30N4O11/c1-13(2)22(32)41-29-18-7-10-30(26(36)28-18)21-20-19(17(38-21)9-12-37-25(35)16(27)8-11-31)39-23(33)14-5-3-4-6-15(14)24(34)40-20/h3-7,10,13,16-17,19-21,31H,8-9,11-12,27H2,1-2H3,(H,28,29,36)/t16-,17-,19-,20-,21-/m1/s1. The molecule has 1 saturated heterocycles. The zero-order chi connectivity index (χ0) is 29.7. The minimum absolute atomic E-state index is 0.00948. The van der Waals surface area contributed by atoms with Crippen LogP contribution in [0.4, 0.5) is 5.82 Å². The van der Waals surface area contributed by atoms with Crippen molar-refractivity contribution in [2.75, 3.05) is 18.7 Å². The Hall–Kier alpha value is -4.34. The van der Waals surface area contributed by atoms with E-state index in [1.165, 1.54) is 24.4 Å². The summed E-state index contributed by atoms with van der Waals surface area (Å²) in [6, 6.07) is 6.24. The monoisotopic (exact) mass is 574 g/mol. The molecule has 2 aromatic rings. The van der Waals surface area contributed by atoms with E-state index in [0.29, 0.717) is 0 Å². The molecular formula is C26H30N4O11. The van der Waals surface area contributed by atoms with Gasteiger partial charge in [0.25, 0.3) is 0 Å². The fourth-order valence-corrected chi connectivity index (χ4v) is 4.17. The van der Waals surface area contributed by atoms with Crippen molar-refractivity contribution in [2.45, 2.75) is 57.3 Å². The maximum atomic E-state index is 13.1. The zero-order valence-corrected chi connectivity index (χ0v) is 22.3. The van der Waals surface area contributed by atoms with E-state index in [4.69, 9.17) is 34.6 Å². The molecule has 1 aromatic heterocycles. The van der Waals surface area contributed by atoms with Gasteiger partial charge < -0.3 is 34.6 Å². The van der Waals surface area contributed by atoms with Crippen LogP contribution in [0.5, 0.6) is 0 Å². The SMILES string of the molecule is CC(C)C(=O)ONc1ccn([C@@H]2O[C@H](CCOC(=O)[C@H](N)CCO)[C@H]3OC(=O)c4ccccc4C(=O)O[C@H]32)c(=O)n1. The number of hydrogen-bond donors (Lipinski definition) is 3. The van der Waals surface area contributed by atoms with Crippen molar-refractivity contribution in [2.24, 2.45) is 11.7 Å². The van der Waals surface area contributed by atoms with Gasteiger partial charge in [-0.3, -0.25) is 9.36 Å². The molecule has 1 aromatic carbocycles. The third-order valence-electron chi connectivity index (χ3n) is 6.36. The minimum atomic E-state index is -1.29. The number of benzene rings is 1. The molecule has 0 saturated carbocycles. The molecule has 0 radical (unpaired) electrons. The Balaban J connectivity index is 1.59. The molecule has 2 aliphatic heterocycles. The highest BCUT2D eigenvalue weighted by Crippen LogP contribution is 2.37. The Morgan fingerprint density at radius 3 is 2.34 bits per heavy atom. The van der Waals surface area contributed by atoms with E-state index in [1.807, 2.05) is 0 Å². The van der Waals surface area contributed by atoms with Crippen molar-refractivity contribution in [1.82, 2.24) is 9.55 Å². The number of carbonyl (C=O) groups is 4. The first-order chi connectivity index (χ1) is 19.6. The summed E-state index contributed by atoms with van der Waals surface area (Å²) >= 11 is 0. The third kappa shape index (κ3) is 6.70. The lowest BCUT2D eigenvalue weighted by Gasteiger charge is -2.27. The summed E-state index contributed by atoms with van der Waals surface area (Å²) in [7, 11) is 0. The quantitative estimate of drug-likeness (QED) is 0.195. The van der Waals surface area contributed by atoms with Gasteiger partial charge >= 0.3 is 29.6 Å². The summed E-state index contributed by atoms with van der Waals surface area (Å²) in [4.78, 5) is 71.6. The number of aliphatic hydroxyl groups excluding tert-OH is 1. The molecule has 15 nitrogen and oxygen atoms in total. The van der Waals surface area contributed by atoms with E-state index in [9.17, 15) is 24.0 Å². The van der Waals surface area contributed by atoms with E-state index >= 15 is 0 Å². The second-order valence-corrected chi connectivity index (χ2v) is 9.61. The van der Waals surface area contributed by atoms with Crippen molar-refractivity contribution >= 4 is 29.7 Å². The van der Waals surface area contributed by atoms with Crippen LogP contribution in [0, 0.1) is 5.92 Å². The molecule has 0 amide bonds. The number of aliphatic hydroxyl groups is 1. The van der Waals surface area contributed by atoms with E-state index in [0.717, 1.165) is 4.57 Å². The minimum Gasteiger partial charge on any atom is -0.464 e. The topological polar surface area (TPSA) is 208 Å². The zero-order valence-electron chi connectivity index (χ0n) is 22.3. The summed E-state index contributed by atoms with van der Waals surface area (Å²) in [5.41, 5.74) is 7.07. The predicted molar refractivity (Wildman–Crippen MR) is 137 cm³/mol. The Bertz CT molecular complexity index is 1360. The lowest BCUT2D eigenvalue weighted by Crippen LogP contribution is -2.43. The van der Waals surface area contributed by atoms with Gasteiger partial charge in [-0.1, -0.05) is 26.0 Å². The average Bonchev–Trinajstić information content (AvgIpc) is 3.26. The molecule has 220 valence electrons.